The molecule has 0 saturated heterocycles. The van der Waals surface area contributed by atoms with Gasteiger partial charge < -0.3 is 20.8 Å². The van der Waals surface area contributed by atoms with E-state index in [0.29, 0.717) is 11.4 Å². The van der Waals surface area contributed by atoms with Crippen LogP contribution in [0.25, 0.3) is 11.4 Å². The van der Waals surface area contributed by atoms with Crippen LogP contribution in [0.4, 0.5) is 24.5 Å². The second kappa shape index (κ2) is 8.93. The van der Waals surface area contributed by atoms with E-state index in [4.69, 9.17) is 16.1 Å². The minimum Gasteiger partial charge on any atom is -0.397 e. The third-order valence-corrected chi connectivity index (χ3v) is 4.25. The fourth-order valence-corrected chi connectivity index (χ4v) is 2.55. The number of carbonyl (C=O) groups excluding carboxylic acids is 1. The highest BCUT2D eigenvalue weighted by molar-refractivity contribution is 6.01. The zero-order valence-electron chi connectivity index (χ0n) is 15.8. The van der Waals surface area contributed by atoms with E-state index in [2.05, 4.69) is 20.6 Å². The number of nitrogens with two attached hydrogens (primary N) is 2. The van der Waals surface area contributed by atoms with Crippen LogP contribution in [0.15, 0.2) is 52.0 Å². The van der Waals surface area contributed by atoms with Crippen molar-refractivity contribution in [3.05, 3.63) is 59.5 Å². The van der Waals surface area contributed by atoms with Gasteiger partial charge in [0.1, 0.15) is 0 Å². The van der Waals surface area contributed by atoms with Crippen molar-refractivity contribution in [2.75, 3.05) is 17.8 Å². The fourth-order valence-electron chi connectivity index (χ4n) is 2.55. The zero-order valence-corrected chi connectivity index (χ0v) is 15.8. The molecule has 3 aromatic rings. The van der Waals surface area contributed by atoms with Crippen molar-refractivity contribution in [1.29, 1.82) is 0 Å². The van der Waals surface area contributed by atoms with E-state index in [1.54, 1.807) is 0 Å². The van der Waals surface area contributed by atoms with Crippen molar-refractivity contribution in [1.82, 2.24) is 10.1 Å². The molecule has 6 N–H and O–H groups in total. The van der Waals surface area contributed by atoms with Gasteiger partial charge in [0.15, 0.2) is 0 Å². The summed E-state index contributed by atoms with van der Waals surface area (Å²) in [4.78, 5) is 20.1. The first kappa shape index (κ1) is 21.9. The predicted molar refractivity (Wildman–Crippen MR) is 106 cm³/mol. The van der Waals surface area contributed by atoms with E-state index in [1.165, 1.54) is 30.3 Å². The molecule has 0 bridgehead atoms. The zero-order chi connectivity index (χ0) is 22.6. The van der Waals surface area contributed by atoms with Gasteiger partial charge in [-0.15, -0.1) is 0 Å². The molecule has 1 unspecified atom stereocenters. The Morgan fingerprint density at radius 3 is 2.58 bits per heavy atom. The molecular weight excluding hydrogens is 417 g/mol. The normalized spacial score (nSPS) is 12.8. The highest BCUT2D eigenvalue weighted by Gasteiger charge is 2.30. The molecule has 1 heterocycles. The third-order valence-electron chi connectivity index (χ3n) is 4.25. The number of aliphatic imine (C=N–C) groups is 1. The smallest absolute Gasteiger partial charge is 0.397 e. The number of carbonyl (C=O) groups is 1. The molecule has 0 spiro atoms. The Labute approximate surface area is 173 Å². The topological polar surface area (TPSA) is 153 Å². The fraction of sp³-hybridized carbons (Fsp3) is 0.158. The lowest BCUT2D eigenvalue weighted by Gasteiger charge is -2.06. The molecule has 2 aromatic carbocycles. The molecule has 9 nitrogen and oxygen atoms in total. The monoisotopic (exact) mass is 434 g/mol. The molecule has 3 rings (SSSR count). The second-order valence-corrected chi connectivity index (χ2v) is 6.35. The maximum Gasteiger partial charge on any atom is 0.416 e. The molecule has 0 fully saturated rings. The van der Waals surface area contributed by atoms with Gasteiger partial charge in [0.05, 0.1) is 29.5 Å². The largest absolute Gasteiger partial charge is 0.416 e. The Bertz CT molecular complexity index is 1100. The number of halogens is 3. The number of hydrazine groups is 1. The van der Waals surface area contributed by atoms with E-state index < -0.39 is 30.2 Å². The molecule has 1 amide bonds. The summed E-state index contributed by atoms with van der Waals surface area (Å²) in [5, 5.41) is 13.3. The molecule has 162 valence electrons. The average molecular weight is 434 g/mol. The van der Waals surface area contributed by atoms with Crippen molar-refractivity contribution in [2.45, 2.75) is 12.1 Å². The number of hydrogen-bond acceptors (Lipinski definition) is 8. The standard InChI is InChI=1S/C19H17F3N6O3/c20-19(21,22)13-4-1-10(2-5-13)16-26-18(31-28-16)12(9-29)8-25-17(30)11-3-6-14(23)15(7-11)27-24/h1-8,12,27,29H,9,23-24H2. The Kier molecular flexibility index (Phi) is 6.32. The van der Waals surface area contributed by atoms with Crippen molar-refractivity contribution in [2.24, 2.45) is 10.8 Å². The summed E-state index contributed by atoms with van der Waals surface area (Å²) in [7, 11) is 0. The van der Waals surface area contributed by atoms with E-state index >= 15 is 0 Å². The van der Waals surface area contributed by atoms with E-state index in [-0.39, 0.29) is 22.8 Å². The highest BCUT2D eigenvalue weighted by Crippen LogP contribution is 2.30. The van der Waals surface area contributed by atoms with Crippen LogP contribution in [0.1, 0.15) is 27.7 Å². The first-order valence-electron chi connectivity index (χ1n) is 8.79. The van der Waals surface area contributed by atoms with Crippen LogP contribution >= 0.6 is 0 Å². The number of rotatable bonds is 6. The van der Waals surface area contributed by atoms with Gasteiger partial charge in [-0.05, 0) is 30.3 Å². The van der Waals surface area contributed by atoms with Gasteiger partial charge in [-0.2, -0.15) is 18.2 Å². The van der Waals surface area contributed by atoms with Gasteiger partial charge in [0.2, 0.25) is 11.7 Å². The number of anilines is 2. The lowest BCUT2D eigenvalue weighted by molar-refractivity contribution is -0.137. The maximum atomic E-state index is 12.7. The molecular formula is C19H17F3N6O3. The summed E-state index contributed by atoms with van der Waals surface area (Å²) in [6, 6.07) is 8.55. The Morgan fingerprint density at radius 2 is 1.97 bits per heavy atom. The van der Waals surface area contributed by atoms with Gasteiger partial charge in [0, 0.05) is 17.3 Å². The minimum absolute atomic E-state index is 0.0269. The average Bonchev–Trinajstić information content (AvgIpc) is 3.24. The van der Waals surface area contributed by atoms with Gasteiger partial charge in [-0.3, -0.25) is 10.6 Å². The number of hydrogen-bond donors (Lipinski definition) is 4. The molecule has 31 heavy (non-hydrogen) atoms. The lowest BCUT2D eigenvalue weighted by Crippen LogP contribution is -2.11. The van der Waals surface area contributed by atoms with Crippen molar-refractivity contribution >= 4 is 23.5 Å². The van der Waals surface area contributed by atoms with Crippen LogP contribution in [-0.4, -0.2) is 34.0 Å². The Morgan fingerprint density at radius 1 is 1.26 bits per heavy atom. The Hall–Kier alpha value is -3.77. The number of aromatic nitrogens is 2. The SMILES string of the molecule is NNc1cc(C(=O)N=CC(CO)c2nc(-c3ccc(C(F)(F)F)cc3)no2)ccc1N. The summed E-state index contributed by atoms with van der Waals surface area (Å²) in [6.45, 7) is -0.497. The summed E-state index contributed by atoms with van der Waals surface area (Å²) >= 11 is 0. The maximum absolute atomic E-state index is 12.7. The lowest BCUT2D eigenvalue weighted by atomic mass is 10.1. The number of nitrogens with one attached hydrogen (secondary N) is 1. The first-order valence-corrected chi connectivity index (χ1v) is 8.79. The van der Waals surface area contributed by atoms with Gasteiger partial charge in [-0.25, -0.2) is 4.99 Å². The van der Waals surface area contributed by atoms with E-state index in [9.17, 15) is 23.1 Å². The van der Waals surface area contributed by atoms with Crippen LogP contribution in [-0.2, 0) is 6.18 Å². The second-order valence-electron chi connectivity index (χ2n) is 6.35. The number of nitrogen functional groups attached to an aromatic ring is 2. The molecule has 0 aliphatic heterocycles. The summed E-state index contributed by atoms with van der Waals surface area (Å²) < 4.78 is 43.1. The number of nitrogens with zero attached hydrogens (tertiary/aromatic N) is 3. The number of aliphatic hydroxyl groups is 1. The number of alkyl halides is 3. The van der Waals surface area contributed by atoms with Crippen LogP contribution in [0.2, 0.25) is 0 Å². The van der Waals surface area contributed by atoms with Crippen molar-refractivity contribution in [3.8, 4) is 11.4 Å². The third kappa shape index (κ3) is 5.05. The molecule has 1 atom stereocenters. The summed E-state index contributed by atoms with van der Waals surface area (Å²) in [5.74, 6) is 3.76. The highest BCUT2D eigenvalue weighted by atomic mass is 19.4. The number of benzene rings is 2. The van der Waals surface area contributed by atoms with Crippen LogP contribution in [0.3, 0.4) is 0 Å². The van der Waals surface area contributed by atoms with Gasteiger partial charge in [0.25, 0.3) is 5.91 Å². The molecule has 0 saturated carbocycles. The van der Waals surface area contributed by atoms with Crippen molar-refractivity contribution < 1.29 is 27.6 Å². The molecule has 0 radical (unpaired) electrons. The molecule has 1 aromatic heterocycles. The Balaban J connectivity index is 1.76. The summed E-state index contributed by atoms with van der Waals surface area (Å²) in [5.41, 5.74) is 8.42. The minimum atomic E-state index is -4.46. The molecule has 12 heteroatoms. The number of aliphatic hydroxyl groups excluding tert-OH is 1. The number of amides is 1. The first-order chi connectivity index (χ1) is 14.7. The van der Waals surface area contributed by atoms with Crippen molar-refractivity contribution in [3.63, 3.8) is 0 Å². The van der Waals surface area contributed by atoms with E-state index in [0.717, 1.165) is 18.3 Å². The van der Waals surface area contributed by atoms with Gasteiger partial charge in [-0.1, -0.05) is 17.3 Å². The molecule has 0 aliphatic carbocycles. The molecule has 0 aliphatic rings. The van der Waals surface area contributed by atoms with E-state index in [1.807, 2.05) is 0 Å². The summed E-state index contributed by atoms with van der Waals surface area (Å²) in [6.07, 6.45) is -3.32. The van der Waals surface area contributed by atoms with Crippen LogP contribution in [0.5, 0.6) is 0 Å². The van der Waals surface area contributed by atoms with Crippen LogP contribution < -0.4 is 17.0 Å². The van der Waals surface area contributed by atoms with Gasteiger partial charge >= 0.3 is 6.18 Å². The van der Waals surface area contributed by atoms with Crippen LogP contribution in [0, 0.1) is 0 Å². The predicted octanol–water partition coefficient (Wildman–Crippen LogP) is 2.61. The quantitative estimate of drug-likeness (QED) is 0.200.